The average Bonchev–Trinajstić information content (AvgIpc) is 3.14. The van der Waals surface area contributed by atoms with E-state index in [1.807, 2.05) is 32.0 Å². The van der Waals surface area contributed by atoms with Crippen LogP contribution in [-0.2, 0) is 4.79 Å². The van der Waals surface area contributed by atoms with Crippen molar-refractivity contribution in [1.82, 2.24) is 14.9 Å². The van der Waals surface area contributed by atoms with E-state index < -0.39 is 0 Å². The maximum atomic E-state index is 12.6. The summed E-state index contributed by atoms with van der Waals surface area (Å²) < 4.78 is 0. The second-order valence-corrected chi connectivity index (χ2v) is 8.32. The van der Waals surface area contributed by atoms with Gasteiger partial charge in [-0.3, -0.25) is 9.69 Å². The third kappa shape index (κ3) is 3.72. The number of aryl methyl sites for hydroxylation is 2. The molecule has 6 nitrogen and oxygen atoms in total. The van der Waals surface area contributed by atoms with Gasteiger partial charge in [0, 0.05) is 31.4 Å². The molecule has 1 saturated heterocycles. The summed E-state index contributed by atoms with van der Waals surface area (Å²) in [5.41, 5.74) is 3.12. The first-order chi connectivity index (χ1) is 13.5. The lowest BCUT2D eigenvalue weighted by molar-refractivity contribution is -0.117. The van der Waals surface area contributed by atoms with Crippen LogP contribution in [0.25, 0.3) is 10.2 Å². The molecule has 0 radical (unpaired) electrons. The fraction of sp³-hybridized carbons (Fsp3) is 0.381. The molecule has 146 valence electrons. The Labute approximate surface area is 169 Å². The van der Waals surface area contributed by atoms with E-state index in [2.05, 4.69) is 43.5 Å². The molecular formula is C21H25N5OS. The first-order valence-electron chi connectivity index (χ1n) is 9.56. The van der Waals surface area contributed by atoms with Gasteiger partial charge in [-0.1, -0.05) is 18.2 Å². The molecule has 4 rings (SSSR count). The number of fused-ring (bicyclic) bond motifs is 1. The maximum Gasteiger partial charge on any atom is 0.238 e. The van der Waals surface area contributed by atoms with Gasteiger partial charge in [0.2, 0.25) is 5.91 Å². The smallest absolute Gasteiger partial charge is 0.238 e. The van der Waals surface area contributed by atoms with Crippen LogP contribution in [0.5, 0.6) is 0 Å². The van der Waals surface area contributed by atoms with Crippen molar-refractivity contribution >= 4 is 39.0 Å². The van der Waals surface area contributed by atoms with Crippen molar-refractivity contribution in [2.45, 2.75) is 26.8 Å². The molecule has 1 fully saturated rings. The minimum absolute atomic E-state index is 0.0420. The summed E-state index contributed by atoms with van der Waals surface area (Å²) in [6, 6.07) is 8.43. The SMILES string of the molecule is Cc1cccc(C)c1NC(=O)CN1CCN(c2ncnc3sccc23)[C@@H](C)C1. The van der Waals surface area contributed by atoms with Crippen LogP contribution < -0.4 is 10.2 Å². The van der Waals surface area contributed by atoms with Crippen molar-refractivity contribution < 1.29 is 4.79 Å². The van der Waals surface area contributed by atoms with E-state index in [0.717, 1.165) is 52.5 Å². The van der Waals surface area contributed by atoms with Crippen LogP contribution >= 0.6 is 11.3 Å². The minimum Gasteiger partial charge on any atom is -0.351 e. The van der Waals surface area contributed by atoms with Gasteiger partial charge in [0.15, 0.2) is 0 Å². The summed E-state index contributed by atoms with van der Waals surface area (Å²) in [7, 11) is 0. The van der Waals surface area contributed by atoms with E-state index in [1.165, 1.54) is 0 Å². The van der Waals surface area contributed by atoms with Crippen molar-refractivity contribution in [3.8, 4) is 0 Å². The molecule has 28 heavy (non-hydrogen) atoms. The monoisotopic (exact) mass is 395 g/mol. The lowest BCUT2D eigenvalue weighted by Gasteiger charge is -2.40. The minimum atomic E-state index is 0.0420. The number of piperazine rings is 1. The highest BCUT2D eigenvalue weighted by Gasteiger charge is 2.27. The zero-order valence-electron chi connectivity index (χ0n) is 16.5. The Morgan fingerprint density at radius 3 is 2.75 bits per heavy atom. The second kappa shape index (κ2) is 7.85. The van der Waals surface area contributed by atoms with Crippen LogP contribution in [0, 0.1) is 13.8 Å². The Balaban J connectivity index is 1.40. The maximum absolute atomic E-state index is 12.6. The van der Waals surface area contributed by atoms with E-state index in [9.17, 15) is 4.79 Å². The highest BCUT2D eigenvalue weighted by molar-refractivity contribution is 7.16. The predicted octanol–water partition coefficient (Wildman–Crippen LogP) is 3.46. The fourth-order valence-electron chi connectivity index (χ4n) is 3.89. The number of nitrogens with one attached hydrogen (secondary N) is 1. The van der Waals surface area contributed by atoms with Crippen molar-refractivity contribution in [1.29, 1.82) is 0 Å². The average molecular weight is 396 g/mol. The summed E-state index contributed by atoms with van der Waals surface area (Å²) in [5, 5.41) is 6.26. The number of rotatable bonds is 4. The molecule has 7 heteroatoms. The third-order valence-corrected chi connectivity index (χ3v) is 6.16. The van der Waals surface area contributed by atoms with Gasteiger partial charge in [-0.25, -0.2) is 9.97 Å². The standard InChI is InChI=1S/C21H25N5OS/c1-14-5-4-6-15(2)19(14)24-18(27)12-25-8-9-26(16(3)11-25)20-17-7-10-28-21(17)23-13-22-20/h4-7,10,13,16H,8-9,11-12H2,1-3H3,(H,24,27)/t16-/m0/s1. The molecule has 1 atom stereocenters. The third-order valence-electron chi connectivity index (χ3n) is 5.34. The van der Waals surface area contributed by atoms with Crippen LogP contribution in [0.3, 0.4) is 0 Å². The number of carbonyl (C=O) groups is 1. The van der Waals surface area contributed by atoms with Crippen molar-refractivity contribution in [2.24, 2.45) is 0 Å². The summed E-state index contributed by atoms with van der Waals surface area (Å²) in [6.07, 6.45) is 1.64. The number of carbonyl (C=O) groups excluding carboxylic acids is 1. The lowest BCUT2D eigenvalue weighted by atomic mass is 10.1. The molecule has 3 aromatic rings. The zero-order valence-corrected chi connectivity index (χ0v) is 17.3. The molecule has 1 aliphatic rings. The molecule has 0 saturated carbocycles. The van der Waals surface area contributed by atoms with E-state index in [4.69, 9.17) is 0 Å². The van der Waals surface area contributed by atoms with Crippen molar-refractivity contribution in [3.05, 3.63) is 47.1 Å². The highest BCUT2D eigenvalue weighted by Crippen LogP contribution is 2.29. The predicted molar refractivity (Wildman–Crippen MR) is 115 cm³/mol. The van der Waals surface area contributed by atoms with Gasteiger partial charge in [0.05, 0.1) is 11.9 Å². The van der Waals surface area contributed by atoms with E-state index in [-0.39, 0.29) is 11.9 Å². The molecule has 0 unspecified atom stereocenters. The Kier molecular flexibility index (Phi) is 5.28. The molecule has 1 aromatic carbocycles. The topological polar surface area (TPSA) is 61.4 Å². The van der Waals surface area contributed by atoms with Crippen LogP contribution in [0.1, 0.15) is 18.1 Å². The van der Waals surface area contributed by atoms with Crippen LogP contribution in [-0.4, -0.2) is 53.0 Å². The molecule has 1 N–H and O–H groups in total. The molecule has 0 aliphatic carbocycles. The number of benzene rings is 1. The first-order valence-corrected chi connectivity index (χ1v) is 10.4. The zero-order chi connectivity index (χ0) is 19.7. The molecule has 3 heterocycles. The molecule has 0 spiro atoms. The van der Waals surface area contributed by atoms with E-state index >= 15 is 0 Å². The molecule has 1 amide bonds. The fourth-order valence-corrected chi connectivity index (χ4v) is 4.62. The summed E-state index contributed by atoms with van der Waals surface area (Å²) in [4.78, 5) is 27.1. The summed E-state index contributed by atoms with van der Waals surface area (Å²) in [6.45, 7) is 9.15. The lowest BCUT2D eigenvalue weighted by Crippen LogP contribution is -2.53. The van der Waals surface area contributed by atoms with Gasteiger partial charge < -0.3 is 10.2 Å². The number of nitrogens with zero attached hydrogens (tertiary/aromatic N) is 4. The van der Waals surface area contributed by atoms with Gasteiger partial charge >= 0.3 is 0 Å². The van der Waals surface area contributed by atoms with E-state index in [1.54, 1.807) is 17.7 Å². The Bertz CT molecular complexity index is 981. The molecule has 2 aromatic heterocycles. The van der Waals surface area contributed by atoms with Gasteiger partial charge in [0.1, 0.15) is 17.0 Å². The number of amides is 1. The van der Waals surface area contributed by atoms with Gasteiger partial charge in [0.25, 0.3) is 0 Å². The molecular weight excluding hydrogens is 370 g/mol. The molecule has 0 bridgehead atoms. The highest BCUT2D eigenvalue weighted by atomic mass is 32.1. The number of thiophene rings is 1. The van der Waals surface area contributed by atoms with Gasteiger partial charge in [-0.05, 0) is 43.3 Å². The summed E-state index contributed by atoms with van der Waals surface area (Å²) in [5.74, 6) is 1.04. The Hall–Kier alpha value is -2.51. The number of hydrogen-bond donors (Lipinski definition) is 1. The molecule has 1 aliphatic heterocycles. The largest absolute Gasteiger partial charge is 0.351 e. The quantitative estimate of drug-likeness (QED) is 0.733. The van der Waals surface area contributed by atoms with Crippen LogP contribution in [0.15, 0.2) is 36.0 Å². The van der Waals surface area contributed by atoms with Crippen molar-refractivity contribution in [3.63, 3.8) is 0 Å². The Morgan fingerprint density at radius 2 is 2.00 bits per heavy atom. The normalized spacial score (nSPS) is 17.8. The second-order valence-electron chi connectivity index (χ2n) is 7.43. The first kappa shape index (κ1) is 18.8. The number of hydrogen-bond acceptors (Lipinski definition) is 6. The number of para-hydroxylation sites is 1. The summed E-state index contributed by atoms with van der Waals surface area (Å²) >= 11 is 1.64. The van der Waals surface area contributed by atoms with Crippen LogP contribution in [0.4, 0.5) is 11.5 Å². The van der Waals surface area contributed by atoms with Gasteiger partial charge in [-0.15, -0.1) is 11.3 Å². The Morgan fingerprint density at radius 1 is 1.21 bits per heavy atom. The van der Waals surface area contributed by atoms with E-state index in [0.29, 0.717) is 6.54 Å². The number of aromatic nitrogens is 2. The van der Waals surface area contributed by atoms with Crippen LogP contribution in [0.2, 0.25) is 0 Å². The number of anilines is 2. The van der Waals surface area contributed by atoms with Gasteiger partial charge in [-0.2, -0.15) is 0 Å². The van der Waals surface area contributed by atoms with Crippen molar-refractivity contribution in [2.75, 3.05) is 36.4 Å².